The van der Waals surface area contributed by atoms with Crippen LogP contribution in [0.25, 0.3) is 10.1 Å². The molecule has 0 saturated carbocycles. The van der Waals surface area contributed by atoms with E-state index in [2.05, 4.69) is 0 Å². The van der Waals surface area contributed by atoms with Gasteiger partial charge in [0.1, 0.15) is 23.3 Å². The Labute approximate surface area is 227 Å². The number of nitrogens with two attached hydrogens (primary N) is 1. The van der Waals surface area contributed by atoms with E-state index in [0.29, 0.717) is 11.3 Å². The van der Waals surface area contributed by atoms with Crippen molar-refractivity contribution in [2.24, 2.45) is 5.73 Å². The highest BCUT2D eigenvalue weighted by Gasteiger charge is 2.57. The molecule has 0 aliphatic rings. The van der Waals surface area contributed by atoms with Gasteiger partial charge >= 0.3 is 13.3 Å². The summed E-state index contributed by atoms with van der Waals surface area (Å²) in [4.78, 5) is 11.0. The van der Waals surface area contributed by atoms with Crippen LogP contribution in [0.2, 0.25) is 0 Å². The zero-order valence-electron chi connectivity index (χ0n) is 20.9. The van der Waals surface area contributed by atoms with E-state index >= 15 is 8.78 Å². The van der Waals surface area contributed by atoms with E-state index in [1.165, 1.54) is 38.1 Å². The van der Waals surface area contributed by atoms with Crippen molar-refractivity contribution in [3.05, 3.63) is 57.5 Å². The molecule has 1 amide bonds. The number of alkyl halides is 2. The number of halogens is 2. The summed E-state index contributed by atoms with van der Waals surface area (Å²) in [6.07, 6.45) is 0.985. The average Bonchev–Trinajstić information content (AvgIpc) is 3.26. The minimum absolute atomic E-state index is 0.00860. The number of fused-ring (bicyclic) bond motifs is 1. The Bertz CT molecular complexity index is 1680. The minimum Gasteiger partial charge on any atom is -0.487 e. The van der Waals surface area contributed by atoms with Crippen LogP contribution in [0.3, 0.4) is 0 Å². The van der Waals surface area contributed by atoms with Gasteiger partial charge in [-0.2, -0.15) is 19.3 Å². The second-order valence-corrected chi connectivity index (χ2v) is 13.1. The first kappa shape index (κ1) is 30.2. The van der Waals surface area contributed by atoms with Crippen molar-refractivity contribution >= 4 is 44.8 Å². The van der Waals surface area contributed by atoms with E-state index in [-0.39, 0.29) is 57.2 Å². The number of rotatable bonds is 11. The molecule has 0 bridgehead atoms. The lowest BCUT2D eigenvalue weighted by atomic mass is 10.1. The van der Waals surface area contributed by atoms with Crippen molar-refractivity contribution in [2.75, 3.05) is 19.5 Å². The maximum Gasteiger partial charge on any atom is 0.405 e. The Kier molecular flexibility index (Phi) is 8.80. The molecule has 1 heterocycles. The third-order valence-corrected chi connectivity index (χ3v) is 10.0. The van der Waals surface area contributed by atoms with E-state index < -0.39 is 39.4 Å². The number of nitriles is 2. The number of ether oxygens (including phenoxy) is 1. The smallest absolute Gasteiger partial charge is 0.405 e. The lowest BCUT2D eigenvalue weighted by Crippen LogP contribution is -2.18. The first-order chi connectivity index (χ1) is 18.2. The Morgan fingerprint density at radius 1 is 1.13 bits per heavy atom. The molecule has 0 atom stereocenters. The molecule has 10 nitrogen and oxygen atoms in total. The van der Waals surface area contributed by atoms with Crippen molar-refractivity contribution in [3.63, 3.8) is 0 Å². The van der Waals surface area contributed by atoms with Crippen LogP contribution in [0.4, 0.5) is 8.78 Å². The number of nitrogens with zero attached hydrogens (tertiary/aromatic N) is 2. The number of carbonyl (C=O) groups excluding carboxylic acids is 1. The third-order valence-electron chi connectivity index (χ3n) is 5.38. The summed E-state index contributed by atoms with van der Waals surface area (Å²) in [6, 6.07) is 9.69. The largest absolute Gasteiger partial charge is 0.487 e. The van der Waals surface area contributed by atoms with Gasteiger partial charge in [-0.3, -0.25) is 9.36 Å². The lowest BCUT2D eigenvalue weighted by molar-refractivity contribution is 0.0390. The van der Waals surface area contributed by atoms with Gasteiger partial charge < -0.3 is 19.5 Å². The van der Waals surface area contributed by atoms with Crippen LogP contribution in [-0.2, 0) is 35.7 Å². The molecule has 2 aromatic carbocycles. The summed E-state index contributed by atoms with van der Waals surface area (Å²) >= 11 is 0.406. The van der Waals surface area contributed by atoms with Gasteiger partial charge in [0, 0.05) is 22.8 Å². The first-order valence-electron chi connectivity index (χ1n) is 11.2. The molecular weight excluding hydrogens is 575 g/mol. The fourth-order valence-electron chi connectivity index (χ4n) is 3.58. The van der Waals surface area contributed by atoms with Crippen molar-refractivity contribution in [3.8, 4) is 17.9 Å². The summed E-state index contributed by atoms with van der Waals surface area (Å²) in [7, 11) is -8.66. The number of carbonyl (C=O) groups is 1. The van der Waals surface area contributed by atoms with E-state index in [1.807, 2.05) is 6.07 Å². The van der Waals surface area contributed by atoms with E-state index in [1.54, 1.807) is 6.07 Å². The van der Waals surface area contributed by atoms with E-state index in [9.17, 15) is 28.3 Å². The average molecular weight is 598 g/mol. The second kappa shape index (κ2) is 11.4. The molecule has 0 aliphatic carbocycles. The highest BCUT2D eigenvalue weighted by atomic mass is 32.2. The van der Waals surface area contributed by atoms with Gasteiger partial charge in [0.2, 0.25) is 5.91 Å². The van der Waals surface area contributed by atoms with Gasteiger partial charge in [0.15, 0.2) is 9.84 Å². The maximum atomic E-state index is 15.7. The predicted molar refractivity (Wildman–Crippen MR) is 138 cm³/mol. The Balaban J connectivity index is 2.19. The molecule has 0 aliphatic heterocycles. The molecule has 206 valence electrons. The SMILES string of the molecule is CCOP(=O)(OCC)C(F)(F)c1sc2c(OCc3ccc(S(C)(=O)=O)cc3C#N)cc(C(N)=O)cc2c1C#N. The molecule has 39 heavy (non-hydrogen) atoms. The summed E-state index contributed by atoms with van der Waals surface area (Å²) in [5, 5.41) is 19.2. The first-order valence-corrected chi connectivity index (χ1v) is 15.4. The van der Waals surface area contributed by atoms with Crippen molar-refractivity contribution < 1.29 is 40.3 Å². The third kappa shape index (κ3) is 5.81. The van der Waals surface area contributed by atoms with E-state index in [0.717, 1.165) is 12.3 Å². The van der Waals surface area contributed by atoms with Crippen LogP contribution in [0, 0.1) is 22.7 Å². The van der Waals surface area contributed by atoms with Gasteiger partial charge in [-0.05, 0) is 38.1 Å². The molecular formula is C24H22F2N3O7PS2. The van der Waals surface area contributed by atoms with Crippen LogP contribution < -0.4 is 10.5 Å². The van der Waals surface area contributed by atoms with Crippen molar-refractivity contribution in [1.29, 1.82) is 10.5 Å². The quantitative estimate of drug-likeness (QED) is 0.297. The van der Waals surface area contributed by atoms with Gasteiger partial charge in [0.05, 0.1) is 40.0 Å². The topological polar surface area (TPSA) is 170 Å². The number of amides is 1. The zero-order chi connectivity index (χ0) is 29.2. The summed E-state index contributed by atoms with van der Waals surface area (Å²) < 4.78 is 83.5. The number of benzene rings is 2. The van der Waals surface area contributed by atoms with Crippen LogP contribution in [0.15, 0.2) is 35.2 Å². The number of hydrogen-bond donors (Lipinski definition) is 1. The second-order valence-electron chi connectivity index (χ2n) is 8.00. The molecule has 15 heteroatoms. The maximum absolute atomic E-state index is 15.7. The fraction of sp³-hybridized carbons (Fsp3) is 0.292. The lowest BCUT2D eigenvalue weighted by Gasteiger charge is -2.25. The molecule has 2 N–H and O–H groups in total. The molecule has 3 rings (SSSR count). The standard InChI is InChI=1S/C24H22F2N3O7PS2/c1-4-35-37(31,36-5-2)24(25,26)22-19(12-28)18-9-15(23(29)30)10-20(21(18)38-22)34-13-14-6-7-17(39(3,32)33)8-16(14)11-27/h6-10H,4-5,13H2,1-3H3,(H2,29,30). The van der Waals surface area contributed by atoms with Gasteiger partial charge in [-0.1, -0.05) is 6.07 Å². The van der Waals surface area contributed by atoms with Crippen molar-refractivity contribution in [2.45, 2.75) is 31.0 Å². The van der Waals surface area contributed by atoms with Crippen LogP contribution in [0.1, 0.15) is 45.8 Å². The molecule has 1 aromatic heterocycles. The molecule has 0 fully saturated rings. The molecule has 3 aromatic rings. The monoisotopic (exact) mass is 597 g/mol. The summed E-state index contributed by atoms with van der Waals surface area (Å²) in [5.41, 5.74) is 0.712. The van der Waals surface area contributed by atoms with Gasteiger partial charge in [-0.25, -0.2) is 8.42 Å². The Hall–Kier alpha value is -3.39. The zero-order valence-corrected chi connectivity index (χ0v) is 23.4. The minimum atomic E-state index is -5.07. The predicted octanol–water partition coefficient (Wildman–Crippen LogP) is 5.04. The van der Waals surface area contributed by atoms with Gasteiger partial charge in [0.25, 0.3) is 0 Å². The van der Waals surface area contributed by atoms with E-state index in [4.69, 9.17) is 19.5 Å². The number of sulfone groups is 1. The number of primary amides is 1. The molecule has 0 saturated heterocycles. The Morgan fingerprint density at radius 3 is 2.28 bits per heavy atom. The Morgan fingerprint density at radius 2 is 1.77 bits per heavy atom. The normalized spacial score (nSPS) is 12.2. The van der Waals surface area contributed by atoms with Crippen LogP contribution in [0.5, 0.6) is 5.75 Å². The molecule has 0 radical (unpaired) electrons. The van der Waals surface area contributed by atoms with Crippen molar-refractivity contribution in [1.82, 2.24) is 0 Å². The highest BCUT2D eigenvalue weighted by Crippen LogP contribution is 2.68. The fourth-order valence-corrected chi connectivity index (χ4v) is 7.21. The van der Waals surface area contributed by atoms with Crippen LogP contribution in [-0.4, -0.2) is 33.8 Å². The number of hydrogen-bond acceptors (Lipinski definition) is 10. The number of thiophene rings is 1. The summed E-state index contributed by atoms with van der Waals surface area (Å²) in [6.45, 7) is 1.70. The van der Waals surface area contributed by atoms with Gasteiger partial charge in [-0.15, -0.1) is 11.3 Å². The summed E-state index contributed by atoms with van der Waals surface area (Å²) in [5.74, 6) is -1.06. The molecule has 0 unspecified atom stereocenters. The highest BCUT2D eigenvalue weighted by molar-refractivity contribution is 7.90. The molecule has 0 spiro atoms. The van der Waals surface area contributed by atoms with Crippen LogP contribution >= 0.6 is 18.9 Å².